The summed E-state index contributed by atoms with van der Waals surface area (Å²) >= 11 is 0. The molecule has 0 bridgehead atoms. The lowest BCUT2D eigenvalue weighted by Crippen LogP contribution is -1.97. The zero-order chi connectivity index (χ0) is 14.3. The first-order chi connectivity index (χ1) is 9.13. The van der Waals surface area contributed by atoms with Crippen LogP contribution in [0, 0.1) is 0 Å². The van der Waals surface area contributed by atoms with Crippen LogP contribution in [0.2, 0.25) is 0 Å². The molecular weight excluding hydrogens is 239 g/mol. The van der Waals surface area contributed by atoms with Crippen LogP contribution in [-0.4, -0.2) is 11.7 Å². The molecule has 100 valence electrons. The van der Waals surface area contributed by atoms with Gasteiger partial charge in [0, 0.05) is 23.0 Å². The molecule has 1 rings (SSSR count). The molecule has 0 fully saturated rings. The molecule has 0 saturated heterocycles. The number of allylic oxidation sites excluding steroid dienone is 7. The van der Waals surface area contributed by atoms with Gasteiger partial charge in [-0.1, -0.05) is 36.9 Å². The fraction of sp³-hybridized carbons (Fsp3) is 0.188. The molecule has 3 heteroatoms. The van der Waals surface area contributed by atoms with Gasteiger partial charge in [0.15, 0.2) is 0 Å². The van der Waals surface area contributed by atoms with E-state index in [-0.39, 0.29) is 0 Å². The van der Waals surface area contributed by atoms with E-state index in [4.69, 9.17) is 5.73 Å². The quantitative estimate of drug-likeness (QED) is 0.814. The molecule has 0 aliphatic carbocycles. The minimum Gasteiger partial charge on any atom is -0.402 e. The molecular formula is C16H19FN2. The Morgan fingerprint density at radius 2 is 2.21 bits per heavy atom. The average molecular weight is 258 g/mol. The Morgan fingerprint density at radius 1 is 1.47 bits per heavy atom. The third-order valence-corrected chi connectivity index (χ3v) is 2.70. The number of hydrogen-bond donors (Lipinski definition) is 1. The van der Waals surface area contributed by atoms with Crippen molar-refractivity contribution in [1.29, 1.82) is 0 Å². The SMILES string of the molecule is C=C/C(=C(/C)N)c1ccc(C(/C=C\CF)=C/C)nc1. The van der Waals surface area contributed by atoms with E-state index in [1.165, 1.54) is 6.08 Å². The van der Waals surface area contributed by atoms with Crippen LogP contribution >= 0.6 is 0 Å². The first kappa shape index (κ1) is 14.9. The summed E-state index contributed by atoms with van der Waals surface area (Å²) in [5, 5.41) is 0. The van der Waals surface area contributed by atoms with Gasteiger partial charge in [0.2, 0.25) is 0 Å². The van der Waals surface area contributed by atoms with Gasteiger partial charge < -0.3 is 5.73 Å². The fourth-order valence-corrected chi connectivity index (χ4v) is 1.73. The topological polar surface area (TPSA) is 38.9 Å². The van der Waals surface area contributed by atoms with Crippen LogP contribution in [-0.2, 0) is 0 Å². The summed E-state index contributed by atoms with van der Waals surface area (Å²) in [6, 6.07) is 3.82. The van der Waals surface area contributed by atoms with Crippen LogP contribution in [0.25, 0.3) is 11.1 Å². The Hall–Kier alpha value is -2.16. The predicted molar refractivity (Wildman–Crippen MR) is 80.0 cm³/mol. The van der Waals surface area contributed by atoms with Crippen LogP contribution in [0.15, 0.2) is 54.9 Å². The molecule has 0 saturated carbocycles. The molecule has 0 amide bonds. The van der Waals surface area contributed by atoms with E-state index in [0.717, 1.165) is 22.4 Å². The van der Waals surface area contributed by atoms with E-state index < -0.39 is 6.67 Å². The lowest BCUT2D eigenvalue weighted by atomic mass is 10.0. The third kappa shape index (κ3) is 3.91. The highest BCUT2D eigenvalue weighted by molar-refractivity contribution is 5.77. The van der Waals surface area contributed by atoms with E-state index in [9.17, 15) is 4.39 Å². The van der Waals surface area contributed by atoms with Gasteiger partial charge in [0.05, 0.1) is 5.69 Å². The smallest absolute Gasteiger partial charge is 0.108 e. The highest BCUT2D eigenvalue weighted by Gasteiger charge is 2.03. The standard InChI is InChI=1S/C16H19FN2/c1-4-13(7-6-10-17)16-9-8-14(11-19-16)15(5-2)12(3)18/h4-9,11H,2,10,18H2,1,3H3/b7-6-,13-4+,15-12+. The molecule has 1 aromatic heterocycles. The van der Waals surface area contributed by atoms with Gasteiger partial charge in [-0.3, -0.25) is 4.98 Å². The monoisotopic (exact) mass is 258 g/mol. The summed E-state index contributed by atoms with van der Waals surface area (Å²) in [5.41, 5.74) is 9.97. The molecule has 0 radical (unpaired) electrons. The number of nitrogens with two attached hydrogens (primary N) is 1. The highest BCUT2D eigenvalue weighted by Crippen LogP contribution is 2.19. The van der Waals surface area contributed by atoms with Gasteiger partial charge in [-0.05, 0) is 25.5 Å². The Bertz CT molecular complexity index is 518. The van der Waals surface area contributed by atoms with Gasteiger partial charge in [-0.25, -0.2) is 4.39 Å². The van der Waals surface area contributed by atoms with Crippen molar-refractivity contribution in [2.45, 2.75) is 13.8 Å². The maximum Gasteiger partial charge on any atom is 0.108 e. The van der Waals surface area contributed by atoms with Crippen LogP contribution in [0.1, 0.15) is 25.1 Å². The molecule has 0 aliphatic rings. The summed E-state index contributed by atoms with van der Waals surface area (Å²) in [6.07, 6.45) is 8.54. The van der Waals surface area contributed by atoms with Gasteiger partial charge in [-0.15, -0.1) is 0 Å². The van der Waals surface area contributed by atoms with Gasteiger partial charge >= 0.3 is 0 Å². The van der Waals surface area contributed by atoms with E-state index in [1.807, 2.05) is 32.1 Å². The molecule has 0 atom stereocenters. The van der Waals surface area contributed by atoms with Gasteiger partial charge in [0.25, 0.3) is 0 Å². The maximum atomic E-state index is 12.1. The number of nitrogens with zero attached hydrogens (tertiary/aromatic N) is 1. The summed E-state index contributed by atoms with van der Waals surface area (Å²) in [6.45, 7) is 6.98. The summed E-state index contributed by atoms with van der Waals surface area (Å²) < 4.78 is 12.1. The summed E-state index contributed by atoms with van der Waals surface area (Å²) in [7, 11) is 0. The van der Waals surface area contributed by atoms with Crippen molar-refractivity contribution in [1.82, 2.24) is 4.98 Å². The van der Waals surface area contributed by atoms with Crippen LogP contribution in [0.4, 0.5) is 4.39 Å². The lowest BCUT2D eigenvalue weighted by Gasteiger charge is -2.06. The van der Waals surface area contributed by atoms with Gasteiger partial charge in [-0.2, -0.15) is 0 Å². The van der Waals surface area contributed by atoms with Crippen molar-refractivity contribution in [2.75, 3.05) is 6.67 Å². The van der Waals surface area contributed by atoms with Crippen molar-refractivity contribution in [3.8, 4) is 0 Å². The van der Waals surface area contributed by atoms with Crippen LogP contribution < -0.4 is 5.73 Å². The van der Waals surface area contributed by atoms with E-state index in [1.54, 1.807) is 18.3 Å². The molecule has 2 N–H and O–H groups in total. The van der Waals surface area contributed by atoms with Crippen LogP contribution in [0.3, 0.4) is 0 Å². The minimum absolute atomic E-state index is 0.481. The lowest BCUT2D eigenvalue weighted by molar-refractivity contribution is 0.562. The highest BCUT2D eigenvalue weighted by atomic mass is 19.1. The molecule has 2 nitrogen and oxygen atoms in total. The van der Waals surface area contributed by atoms with Crippen molar-refractivity contribution in [3.05, 3.63) is 66.2 Å². The van der Waals surface area contributed by atoms with E-state index >= 15 is 0 Å². The van der Waals surface area contributed by atoms with Crippen molar-refractivity contribution in [3.63, 3.8) is 0 Å². The molecule has 1 heterocycles. The van der Waals surface area contributed by atoms with Gasteiger partial charge in [0.1, 0.15) is 6.67 Å². The first-order valence-corrected chi connectivity index (χ1v) is 6.08. The minimum atomic E-state index is -0.481. The number of aromatic nitrogens is 1. The largest absolute Gasteiger partial charge is 0.402 e. The second-order valence-electron chi connectivity index (χ2n) is 4.03. The number of alkyl halides is 1. The number of hydrogen-bond acceptors (Lipinski definition) is 2. The Morgan fingerprint density at radius 3 is 2.63 bits per heavy atom. The number of pyridine rings is 1. The van der Waals surface area contributed by atoms with Crippen molar-refractivity contribution >= 4 is 11.1 Å². The predicted octanol–water partition coefficient (Wildman–Crippen LogP) is 3.89. The fourth-order valence-electron chi connectivity index (χ4n) is 1.73. The Balaban J connectivity index is 3.09. The zero-order valence-electron chi connectivity index (χ0n) is 11.4. The molecule has 0 aliphatic heterocycles. The molecule has 1 aromatic rings. The second kappa shape index (κ2) is 7.31. The Labute approximate surface area is 113 Å². The average Bonchev–Trinajstić information content (AvgIpc) is 2.41. The van der Waals surface area contributed by atoms with E-state index in [2.05, 4.69) is 11.6 Å². The molecule has 0 aromatic carbocycles. The summed E-state index contributed by atoms with van der Waals surface area (Å²) in [5.74, 6) is 0. The normalized spacial score (nSPS) is 13.5. The summed E-state index contributed by atoms with van der Waals surface area (Å²) in [4.78, 5) is 4.37. The van der Waals surface area contributed by atoms with E-state index in [0.29, 0.717) is 5.70 Å². The molecule has 0 unspecified atom stereocenters. The maximum absolute atomic E-state index is 12.1. The third-order valence-electron chi connectivity index (χ3n) is 2.70. The number of rotatable bonds is 5. The van der Waals surface area contributed by atoms with Crippen LogP contribution in [0.5, 0.6) is 0 Å². The van der Waals surface area contributed by atoms with Crippen molar-refractivity contribution in [2.24, 2.45) is 5.73 Å². The zero-order valence-corrected chi connectivity index (χ0v) is 11.4. The number of halogens is 1. The molecule has 0 spiro atoms. The molecule has 19 heavy (non-hydrogen) atoms. The second-order valence-corrected chi connectivity index (χ2v) is 4.03. The van der Waals surface area contributed by atoms with Crippen molar-refractivity contribution < 1.29 is 4.39 Å². The Kier molecular flexibility index (Phi) is 5.73. The first-order valence-electron chi connectivity index (χ1n) is 6.08.